The molecule has 102 valence electrons. The van der Waals surface area contributed by atoms with Crippen molar-refractivity contribution in [2.45, 2.75) is 24.8 Å². The van der Waals surface area contributed by atoms with Crippen LogP contribution < -0.4 is 10.6 Å². The number of para-hydroxylation sites is 1. The van der Waals surface area contributed by atoms with Gasteiger partial charge in [0.2, 0.25) is 5.91 Å². The molecule has 1 aromatic heterocycles. The zero-order chi connectivity index (χ0) is 13.7. The van der Waals surface area contributed by atoms with E-state index in [2.05, 4.69) is 29.2 Å². The molecule has 2 aromatic rings. The van der Waals surface area contributed by atoms with Crippen molar-refractivity contribution in [2.75, 3.05) is 11.4 Å². The molecule has 1 aromatic carbocycles. The zero-order valence-electron chi connectivity index (χ0n) is 11.1. The van der Waals surface area contributed by atoms with E-state index in [0.717, 1.165) is 13.1 Å². The van der Waals surface area contributed by atoms with Gasteiger partial charge in [0.05, 0.1) is 12.1 Å². The molecule has 4 rings (SSSR count). The number of primary amides is 1. The second-order valence-electron chi connectivity index (χ2n) is 5.82. The lowest BCUT2D eigenvalue weighted by Crippen LogP contribution is -2.23. The highest BCUT2D eigenvalue weighted by Gasteiger charge is 2.51. The van der Waals surface area contributed by atoms with Gasteiger partial charge in [0.1, 0.15) is 0 Å². The van der Waals surface area contributed by atoms with Gasteiger partial charge in [0, 0.05) is 27.9 Å². The van der Waals surface area contributed by atoms with Crippen molar-refractivity contribution >= 4 is 22.9 Å². The quantitative estimate of drug-likeness (QED) is 0.942. The second-order valence-corrected chi connectivity index (χ2v) is 6.82. The third-order valence-corrected chi connectivity index (χ3v) is 5.37. The molecule has 0 saturated heterocycles. The van der Waals surface area contributed by atoms with Crippen LogP contribution in [0.25, 0.3) is 0 Å². The van der Waals surface area contributed by atoms with Crippen molar-refractivity contribution in [3.8, 4) is 0 Å². The van der Waals surface area contributed by atoms with Crippen molar-refractivity contribution < 1.29 is 4.79 Å². The molecule has 20 heavy (non-hydrogen) atoms. The number of hydrogen-bond acceptors (Lipinski definition) is 3. The molecular weight excluding hydrogens is 268 g/mol. The third-order valence-electron chi connectivity index (χ3n) is 4.45. The van der Waals surface area contributed by atoms with E-state index in [9.17, 15) is 4.79 Å². The molecule has 1 spiro atoms. The Labute approximate surface area is 122 Å². The average molecular weight is 284 g/mol. The van der Waals surface area contributed by atoms with Crippen LogP contribution in [0.1, 0.15) is 33.6 Å². The third kappa shape index (κ3) is 1.75. The molecule has 1 saturated carbocycles. The molecule has 2 N–H and O–H groups in total. The summed E-state index contributed by atoms with van der Waals surface area (Å²) in [6.07, 6.45) is 2.61. The fraction of sp³-hybridized carbons (Fsp3) is 0.312. The Balaban J connectivity index is 1.62. The molecule has 4 heteroatoms. The van der Waals surface area contributed by atoms with Crippen LogP contribution in [0.15, 0.2) is 35.7 Å². The molecule has 1 amide bonds. The lowest BCUT2D eigenvalue weighted by atomic mass is 9.99. The van der Waals surface area contributed by atoms with Gasteiger partial charge in [-0.3, -0.25) is 4.79 Å². The lowest BCUT2D eigenvalue weighted by molar-refractivity contribution is 0.100. The van der Waals surface area contributed by atoms with Crippen LogP contribution in [0, 0.1) is 0 Å². The molecule has 0 unspecified atom stereocenters. The van der Waals surface area contributed by atoms with E-state index in [4.69, 9.17) is 5.73 Å². The highest BCUT2D eigenvalue weighted by Crippen LogP contribution is 2.56. The lowest BCUT2D eigenvalue weighted by Gasteiger charge is -2.18. The van der Waals surface area contributed by atoms with Crippen LogP contribution in [0.5, 0.6) is 0 Å². The van der Waals surface area contributed by atoms with E-state index >= 15 is 0 Å². The molecule has 3 nitrogen and oxygen atoms in total. The smallest absolute Gasteiger partial charge is 0.249 e. The van der Waals surface area contributed by atoms with Crippen molar-refractivity contribution in [3.63, 3.8) is 0 Å². The van der Waals surface area contributed by atoms with Crippen molar-refractivity contribution in [2.24, 2.45) is 5.73 Å². The number of fused-ring (bicyclic) bond motifs is 2. The summed E-state index contributed by atoms with van der Waals surface area (Å²) in [5.74, 6) is -0.340. The van der Waals surface area contributed by atoms with Gasteiger partial charge in [-0.05, 0) is 30.5 Å². The molecule has 2 aliphatic rings. The summed E-state index contributed by atoms with van der Waals surface area (Å²) in [6.45, 7) is 1.98. The van der Waals surface area contributed by atoms with Gasteiger partial charge >= 0.3 is 0 Å². The monoisotopic (exact) mass is 284 g/mol. The van der Waals surface area contributed by atoms with Crippen molar-refractivity contribution in [3.05, 3.63) is 51.7 Å². The minimum absolute atomic E-state index is 0.340. The maximum Gasteiger partial charge on any atom is 0.249 e. The molecule has 1 aliphatic carbocycles. The minimum Gasteiger partial charge on any atom is -0.366 e. The Hall–Kier alpha value is -1.81. The molecule has 2 heterocycles. The van der Waals surface area contributed by atoms with Crippen LogP contribution in [-0.4, -0.2) is 12.5 Å². The van der Waals surface area contributed by atoms with E-state index in [1.807, 2.05) is 11.4 Å². The van der Waals surface area contributed by atoms with Crippen LogP contribution >= 0.6 is 11.3 Å². The van der Waals surface area contributed by atoms with E-state index in [1.54, 1.807) is 11.3 Å². The largest absolute Gasteiger partial charge is 0.366 e. The number of thiophene rings is 1. The average Bonchev–Trinajstić information content (AvgIpc) is 2.94. The van der Waals surface area contributed by atoms with Crippen LogP contribution in [0.3, 0.4) is 0 Å². The number of carbonyl (C=O) groups excluding carboxylic acids is 1. The maximum atomic E-state index is 11.2. The number of hydrogen-bond donors (Lipinski definition) is 1. The molecule has 1 fully saturated rings. The van der Waals surface area contributed by atoms with Gasteiger partial charge in [-0.1, -0.05) is 18.2 Å². The number of carbonyl (C=O) groups is 1. The fourth-order valence-corrected chi connectivity index (χ4v) is 4.12. The Kier molecular flexibility index (Phi) is 2.45. The van der Waals surface area contributed by atoms with Gasteiger partial charge in [-0.25, -0.2) is 0 Å². The summed E-state index contributed by atoms with van der Waals surface area (Å²) >= 11 is 1.62. The highest BCUT2D eigenvalue weighted by molar-refractivity contribution is 7.10. The summed E-state index contributed by atoms with van der Waals surface area (Å²) in [6, 6.07) is 10.7. The summed E-state index contributed by atoms with van der Waals surface area (Å²) in [4.78, 5) is 14.8. The Morgan fingerprint density at radius 2 is 2.15 bits per heavy atom. The normalized spacial score (nSPS) is 18.3. The van der Waals surface area contributed by atoms with Gasteiger partial charge in [-0.15, -0.1) is 11.3 Å². The Bertz CT molecular complexity index is 687. The molecule has 0 bridgehead atoms. The number of benzene rings is 1. The predicted octanol–water partition coefficient (Wildman–Crippen LogP) is 2.90. The Morgan fingerprint density at radius 3 is 2.85 bits per heavy atom. The number of amides is 1. The highest BCUT2D eigenvalue weighted by atomic mass is 32.1. The topological polar surface area (TPSA) is 46.3 Å². The number of nitrogens with two attached hydrogens (primary N) is 1. The maximum absolute atomic E-state index is 11.2. The zero-order valence-corrected chi connectivity index (χ0v) is 12.0. The molecule has 1 aliphatic heterocycles. The van der Waals surface area contributed by atoms with Crippen LogP contribution in [-0.2, 0) is 12.0 Å². The second kappa shape index (κ2) is 4.09. The number of nitrogens with zero attached hydrogens (tertiary/aromatic N) is 1. The van der Waals surface area contributed by atoms with Gasteiger partial charge in [-0.2, -0.15) is 0 Å². The summed E-state index contributed by atoms with van der Waals surface area (Å²) in [5.41, 5.74) is 9.23. The van der Waals surface area contributed by atoms with Gasteiger partial charge in [0.25, 0.3) is 0 Å². The van der Waals surface area contributed by atoms with Crippen molar-refractivity contribution in [1.82, 2.24) is 0 Å². The van der Waals surface area contributed by atoms with E-state index in [1.165, 1.54) is 29.0 Å². The summed E-state index contributed by atoms with van der Waals surface area (Å²) in [5, 5.41) is 1.85. The van der Waals surface area contributed by atoms with E-state index in [-0.39, 0.29) is 5.91 Å². The molecule has 0 atom stereocenters. The SMILES string of the molecule is NC(=O)c1csc(CN2CC3(CC3)c3ccccc32)c1. The number of rotatable bonds is 3. The van der Waals surface area contributed by atoms with E-state index < -0.39 is 0 Å². The van der Waals surface area contributed by atoms with Crippen LogP contribution in [0.4, 0.5) is 5.69 Å². The first kappa shape index (κ1) is 12.0. The first-order valence-corrected chi connectivity index (χ1v) is 7.78. The first-order chi connectivity index (χ1) is 9.68. The van der Waals surface area contributed by atoms with E-state index in [0.29, 0.717) is 11.0 Å². The fourth-order valence-electron chi connectivity index (χ4n) is 3.23. The summed E-state index contributed by atoms with van der Waals surface area (Å²) < 4.78 is 0. The summed E-state index contributed by atoms with van der Waals surface area (Å²) in [7, 11) is 0. The molecule has 0 radical (unpaired) electrons. The number of anilines is 1. The van der Waals surface area contributed by atoms with Crippen LogP contribution in [0.2, 0.25) is 0 Å². The minimum atomic E-state index is -0.340. The predicted molar refractivity (Wildman–Crippen MR) is 81.2 cm³/mol. The van der Waals surface area contributed by atoms with Gasteiger partial charge in [0.15, 0.2) is 0 Å². The molecular formula is C16H16N2OS. The first-order valence-electron chi connectivity index (χ1n) is 6.90. The standard InChI is InChI=1S/C16H16N2OS/c17-15(19)11-7-12(20-9-11)8-18-10-16(5-6-16)13-3-1-2-4-14(13)18/h1-4,7,9H,5-6,8,10H2,(H2,17,19). The van der Waals surface area contributed by atoms with Gasteiger partial charge < -0.3 is 10.6 Å². The Morgan fingerprint density at radius 1 is 1.35 bits per heavy atom. The van der Waals surface area contributed by atoms with Crippen molar-refractivity contribution in [1.29, 1.82) is 0 Å².